The highest BCUT2D eigenvalue weighted by molar-refractivity contribution is 6.18. The number of nitrogens with two attached hydrogens (primary N) is 1. The molecule has 0 radical (unpaired) electrons. The van der Waals surface area contributed by atoms with Crippen LogP contribution >= 0.6 is 11.6 Å². The minimum atomic E-state index is -0.0420. The van der Waals surface area contributed by atoms with Crippen LogP contribution in [-0.4, -0.2) is 32.7 Å². The molecule has 1 aliphatic heterocycles. The highest BCUT2D eigenvalue weighted by Gasteiger charge is 2.31. The lowest BCUT2D eigenvalue weighted by Gasteiger charge is -2.13. The van der Waals surface area contributed by atoms with E-state index in [1.54, 1.807) is 14.2 Å². The Morgan fingerprint density at radius 3 is 2.82 bits per heavy atom. The molecule has 1 aromatic rings. The first-order chi connectivity index (χ1) is 8.28. The molecule has 1 fully saturated rings. The summed E-state index contributed by atoms with van der Waals surface area (Å²) in [7, 11) is 3.28. The van der Waals surface area contributed by atoms with Gasteiger partial charge in [0, 0.05) is 6.07 Å². The number of methoxy groups -OCH3 is 2. The molecular weight excluding hydrogens is 242 g/mol. The summed E-state index contributed by atoms with van der Waals surface area (Å²) in [6, 6.07) is 5.74. The van der Waals surface area contributed by atoms with Gasteiger partial charge in [0.05, 0.1) is 25.7 Å². The Hall–Kier alpha value is -0.970. The van der Waals surface area contributed by atoms with E-state index >= 15 is 0 Å². The number of hydrogen-bond donors (Lipinski definition) is 1. The Labute approximate surface area is 106 Å². The van der Waals surface area contributed by atoms with Crippen molar-refractivity contribution in [1.29, 1.82) is 0 Å². The van der Waals surface area contributed by atoms with Crippen LogP contribution in [0.3, 0.4) is 0 Å². The summed E-state index contributed by atoms with van der Waals surface area (Å²) in [5, 5.41) is 2.12. The van der Waals surface area contributed by atoms with Crippen LogP contribution in [-0.2, 0) is 4.74 Å². The average molecular weight is 259 g/mol. The zero-order valence-corrected chi connectivity index (χ0v) is 10.7. The molecule has 0 amide bonds. The van der Waals surface area contributed by atoms with E-state index in [-0.39, 0.29) is 12.3 Å². The lowest BCUT2D eigenvalue weighted by atomic mass is 10.1. The number of quaternary nitrogens is 1. The van der Waals surface area contributed by atoms with Crippen LogP contribution in [0.2, 0.25) is 0 Å². The van der Waals surface area contributed by atoms with E-state index in [1.807, 2.05) is 18.2 Å². The van der Waals surface area contributed by atoms with Crippen LogP contribution in [0.4, 0.5) is 0 Å². The number of alkyl halides is 1. The van der Waals surface area contributed by atoms with Crippen LogP contribution in [0.25, 0.3) is 0 Å². The quantitative estimate of drug-likeness (QED) is 0.817. The van der Waals surface area contributed by atoms with Gasteiger partial charge in [0.25, 0.3) is 0 Å². The lowest BCUT2D eigenvalue weighted by Crippen LogP contribution is -2.82. The topological polar surface area (TPSA) is 44.3 Å². The summed E-state index contributed by atoms with van der Waals surface area (Å²) in [5.74, 6) is 2.07. The van der Waals surface area contributed by atoms with E-state index in [1.165, 1.54) is 0 Å². The van der Waals surface area contributed by atoms with Gasteiger partial charge in [-0.1, -0.05) is 0 Å². The molecule has 4 nitrogen and oxygen atoms in total. The third-order valence-corrected chi connectivity index (χ3v) is 3.22. The first kappa shape index (κ1) is 12.5. The van der Waals surface area contributed by atoms with Gasteiger partial charge < -0.3 is 19.5 Å². The Kier molecular flexibility index (Phi) is 4.10. The molecule has 0 unspecified atom stereocenters. The van der Waals surface area contributed by atoms with E-state index in [9.17, 15) is 0 Å². The van der Waals surface area contributed by atoms with Crippen molar-refractivity contribution in [2.45, 2.75) is 12.3 Å². The van der Waals surface area contributed by atoms with Crippen LogP contribution in [0.5, 0.6) is 11.5 Å². The molecule has 0 aromatic heterocycles. The second kappa shape index (κ2) is 5.58. The van der Waals surface area contributed by atoms with Gasteiger partial charge in [-0.2, -0.15) is 0 Å². The Morgan fingerprint density at radius 2 is 2.24 bits per heavy atom. The van der Waals surface area contributed by atoms with Gasteiger partial charge in [-0.05, 0) is 12.1 Å². The predicted octanol–water partition coefficient (Wildman–Crippen LogP) is 0.903. The molecule has 2 atom stereocenters. The van der Waals surface area contributed by atoms with E-state index in [4.69, 9.17) is 25.8 Å². The fourth-order valence-electron chi connectivity index (χ4n) is 1.95. The Bertz CT molecular complexity index is 386. The Balaban J connectivity index is 2.20. The number of rotatable bonds is 4. The maximum Gasteiger partial charge on any atom is 0.221 e. The molecule has 0 bridgehead atoms. The normalized spacial score (nSPS) is 23.7. The molecule has 1 aromatic carbocycles. The van der Waals surface area contributed by atoms with Gasteiger partial charge in [0.15, 0.2) is 0 Å². The predicted molar refractivity (Wildman–Crippen MR) is 64.7 cm³/mol. The second-order valence-corrected chi connectivity index (χ2v) is 4.22. The van der Waals surface area contributed by atoms with Gasteiger partial charge in [-0.3, -0.25) is 0 Å². The Morgan fingerprint density at radius 1 is 1.41 bits per heavy atom. The third kappa shape index (κ3) is 2.65. The van der Waals surface area contributed by atoms with Crippen molar-refractivity contribution in [3.63, 3.8) is 0 Å². The molecule has 0 saturated carbocycles. The smallest absolute Gasteiger partial charge is 0.221 e. The summed E-state index contributed by atoms with van der Waals surface area (Å²) in [6.45, 7) is 0.878. The summed E-state index contributed by atoms with van der Waals surface area (Å²) in [4.78, 5) is 0. The van der Waals surface area contributed by atoms with Crippen molar-refractivity contribution in [3.05, 3.63) is 23.8 Å². The molecule has 0 aliphatic carbocycles. The van der Waals surface area contributed by atoms with Gasteiger partial charge in [0.2, 0.25) is 6.23 Å². The molecule has 1 saturated heterocycles. The molecule has 17 heavy (non-hydrogen) atoms. The number of ether oxygens (including phenoxy) is 3. The third-order valence-electron chi connectivity index (χ3n) is 2.87. The number of benzene rings is 1. The van der Waals surface area contributed by atoms with Crippen LogP contribution in [0.15, 0.2) is 18.2 Å². The van der Waals surface area contributed by atoms with Gasteiger partial charge >= 0.3 is 0 Å². The SMILES string of the molecule is COc1ccc([C@H]2[NH2+]C[C@H](CCl)O2)c(OC)c1. The highest BCUT2D eigenvalue weighted by Crippen LogP contribution is 2.30. The lowest BCUT2D eigenvalue weighted by molar-refractivity contribution is -0.698. The van der Waals surface area contributed by atoms with Crippen molar-refractivity contribution in [3.8, 4) is 11.5 Å². The van der Waals surface area contributed by atoms with Crippen molar-refractivity contribution >= 4 is 11.6 Å². The molecule has 2 rings (SSSR count). The summed E-state index contributed by atoms with van der Waals surface area (Å²) >= 11 is 5.79. The monoisotopic (exact) mass is 258 g/mol. The number of hydrogen-bond acceptors (Lipinski definition) is 3. The maximum absolute atomic E-state index is 5.80. The maximum atomic E-state index is 5.80. The molecule has 94 valence electrons. The van der Waals surface area contributed by atoms with Gasteiger partial charge in [-0.25, -0.2) is 0 Å². The largest absolute Gasteiger partial charge is 0.497 e. The molecular formula is C12H17ClNO3+. The van der Waals surface area contributed by atoms with Gasteiger partial charge in [-0.15, -0.1) is 11.6 Å². The van der Waals surface area contributed by atoms with Crippen molar-refractivity contribution in [1.82, 2.24) is 0 Å². The van der Waals surface area contributed by atoms with Crippen LogP contribution < -0.4 is 14.8 Å². The summed E-state index contributed by atoms with van der Waals surface area (Å²) in [5.41, 5.74) is 1.01. The number of halogens is 1. The zero-order chi connectivity index (χ0) is 12.3. The van der Waals surface area contributed by atoms with Gasteiger partial charge in [0.1, 0.15) is 24.1 Å². The molecule has 0 spiro atoms. The van der Waals surface area contributed by atoms with E-state index in [0.717, 1.165) is 23.6 Å². The first-order valence-corrected chi connectivity index (χ1v) is 6.08. The van der Waals surface area contributed by atoms with Crippen molar-refractivity contribution in [2.75, 3.05) is 26.6 Å². The van der Waals surface area contributed by atoms with Crippen LogP contribution in [0, 0.1) is 0 Å². The standard InChI is InChI=1S/C12H16ClNO3/c1-15-8-3-4-10(11(5-8)16-2)12-14-7-9(6-13)17-12/h3-5,9,12,14H,6-7H2,1-2H3/p+1/t9-,12-/m0/s1. The minimum Gasteiger partial charge on any atom is -0.497 e. The molecule has 2 N–H and O–H groups in total. The van der Waals surface area contributed by atoms with E-state index < -0.39 is 0 Å². The fraction of sp³-hybridized carbons (Fsp3) is 0.500. The van der Waals surface area contributed by atoms with E-state index in [2.05, 4.69) is 5.32 Å². The summed E-state index contributed by atoms with van der Waals surface area (Å²) in [6.07, 6.45) is 0.0630. The minimum absolute atomic E-state index is 0.0420. The van der Waals surface area contributed by atoms with E-state index in [0.29, 0.717) is 5.88 Å². The first-order valence-electron chi connectivity index (χ1n) is 5.55. The molecule has 5 heteroatoms. The van der Waals surface area contributed by atoms with Crippen LogP contribution in [0.1, 0.15) is 11.8 Å². The fourth-order valence-corrected chi connectivity index (χ4v) is 2.15. The molecule has 1 heterocycles. The molecule has 1 aliphatic rings. The zero-order valence-electron chi connectivity index (χ0n) is 9.98. The van der Waals surface area contributed by atoms with Crippen molar-refractivity contribution < 1.29 is 19.5 Å². The highest BCUT2D eigenvalue weighted by atomic mass is 35.5. The van der Waals surface area contributed by atoms with Crippen molar-refractivity contribution in [2.24, 2.45) is 0 Å². The summed E-state index contributed by atoms with van der Waals surface area (Å²) < 4.78 is 16.3. The second-order valence-electron chi connectivity index (χ2n) is 3.91. The average Bonchev–Trinajstić information content (AvgIpc) is 2.86.